The third-order valence-electron chi connectivity index (χ3n) is 3.48. The van der Waals surface area contributed by atoms with Crippen molar-refractivity contribution in [1.82, 2.24) is 5.32 Å². The second-order valence-electron chi connectivity index (χ2n) is 5.00. The first kappa shape index (κ1) is 12.4. The second-order valence-corrected chi connectivity index (χ2v) is 5.00. The molecule has 0 aromatic heterocycles. The summed E-state index contributed by atoms with van der Waals surface area (Å²) in [6.07, 6.45) is 3.95. The van der Waals surface area contributed by atoms with Gasteiger partial charge in [0.15, 0.2) is 0 Å². The van der Waals surface area contributed by atoms with Crippen LogP contribution in [0.3, 0.4) is 0 Å². The third-order valence-corrected chi connectivity index (χ3v) is 3.48. The Labute approximate surface area is 105 Å². The van der Waals surface area contributed by atoms with Crippen molar-refractivity contribution in [3.05, 3.63) is 29.3 Å². The summed E-state index contributed by atoms with van der Waals surface area (Å²) in [6.45, 7) is 8.89. The molecule has 94 valence electrons. The molecule has 0 saturated heterocycles. The van der Waals surface area contributed by atoms with E-state index in [1.165, 1.54) is 42.6 Å². The monoisotopic (exact) mass is 232 g/mol. The summed E-state index contributed by atoms with van der Waals surface area (Å²) >= 11 is 0. The molecule has 0 unspecified atom stereocenters. The molecule has 2 nitrogen and oxygen atoms in total. The number of nitrogens with one attached hydrogen (secondary N) is 1. The highest BCUT2D eigenvalue weighted by molar-refractivity contribution is 5.55. The third kappa shape index (κ3) is 3.22. The molecule has 0 saturated carbocycles. The van der Waals surface area contributed by atoms with Gasteiger partial charge in [-0.2, -0.15) is 0 Å². The van der Waals surface area contributed by atoms with Gasteiger partial charge < -0.3 is 10.2 Å². The topological polar surface area (TPSA) is 15.3 Å². The van der Waals surface area contributed by atoms with E-state index in [1.807, 2.05) is 0 Å². The molecular formula is C15H24N2. The van der Waals surface area contributed by atoms with Crippen LogP contribution in [0.5, 0.6) is 0 Å². The van der Waals surface area contributed by atoms with E-state index in [9.17, 15) is 0 Å². The highest BCUT2D eigenvalue weighted by Gasteiger charge is 2.14. The number of benzene rings is 1. The largest absolute Gasteiger partial charge is 0.370 e. The Bertz CT molecular complexity index is 360. The molecule has 0 aliphatic carbocycles. The second kappa shape index (κ2) is 6.06. The minimum Gasteiger partial charge on any atom is -0.370 e. The molecule has 2 heteroatoms. The van der Waals surface area contributed by atoms with Gasteiger partial charge in [-0.25, -0.2) is 0 Å². The lowest BCUT2D eigenvalue weighted by atomic mass is 10.1. The zero-order chi connectivity index (χ0) is 12.1. The molecule has 0 bridgehead atoms. The van der Waals surface area contributed by atoms with Gasteiger partial charge >= 0.3 is 0 Å². The van der Waals surface area contributed by atoms with Crippen LogP contribution in [-0.2, 0) is 6.54 Å². The number of fused-ring (bicyclic) bond motifs is 1. The van der Waals surface area contributed by atoms with Crippen LogP contribution in [0.4, 0.5) is 5.69 Å². The van der Waals surface area contributed by atoms with Crippen LogP contribution in [0.25, 0.3) is 0 Å². The van der Waals surface area contributed by atoms with Crippen molar-refractivity contribution >= 4 is 5.69 Å². The van der Waals surface area contributed by atoms with E-state index in [4.69, 9.17) is 0 Å². The Balaban J connectivity index is 2.12. The maximum Gasteiger partial charge on any atom is 0.0412 e. The molecule has 1 aliphatic rings. The molecule has 0 atom stereocenters. The lowest BCUT2D eigenvalue weighted by Crippen LogP contribution is -2.29. The molecule has 1 heterocycles. The van der Waals surface area contributed by atoms with E-state index >= 15 is 0 Å². The molecule has 0 fully saturated rings. The Morgan fingerprint density at radius 2 is 2.18 bits per heavy atom. The maximum atomic E-state index is 3.51. The Morgan fingerprint density at radius 3 is 3.00 bits per heavy atom. The van der Waals surface area contributed by atoms with Crippen molar-refractivity contribution < 1.29 is 0 Å². The van der Waals surface area contributed by atoms with Crippen molar-refractivity contribution in [2.24, 2.45) is 0 Å². The maximum absolute atomic E-state index is 3.51. The van der Waals surface area contributed by atoms with Crippen molar-refractivity contribution in [1.29, 1.82) is 0 Å². The van der Waals surface area contributed by atoms with Crippen molar-refractivity contribution in [2.45, 2.75) is 39.7 Å². The van der Waals surface area contributed by atoms with E-state index in [1.54, 1.807) is 0 Å². The molecule has 1 N–H and O–H groups in total. The Morgan fingerprint density at radius 1 is 1.29 bits per heavy atom. The summed E-state index contributed by atoms with van der Waals surface area (Å²) in [5.41, 5.74) is 4.26. The predicted octanol–water partition coefficient (Wildman–Crippen LogP) is 3.09. The fourth-order valence-corrected chi connectivity index (χ4v) is 2.51. The van der Waals surface area contributed by atoms with Gasteiger partial charge in [0.25, 0.3) is 0 Å². The van der Waals surface area contributed by atoms with Gasteiger partial charge in [-0.05, 0) is 25.0 Å². The fraction of sp³-hybridized carbons (Fsp3) is 0.600. The lowest BCUT2D eigenvalue weighted by Gasteiger charge is -2.24. The quantitative estimate of drug-likeness (QED) is 0.803. The van der Waals surface area contributed by atoms with Gasteiger partial charge in [-0.3, -0.25) is 0 Å². The average molecular weight is 232 g/mol. The molecule has 17 heavy (non-hydrogen) atoms. The molecule has 0 amide bonds. The minimum absolute atomic E-state index is 1.02. The zero-order valence-electron chi connectivity index (χ0n) is 11.1. The van der Waals surface area contributed by atoms with E-state index in [2.05, 4.69) is 42.3 Å². The molecule has 2 rings (SSSR count). The van der Waals surface area contributed by atoms with Crippen LogP contribution in [-0.4, -0.2) is 19.6 Å². The van der Waals surface area contributed by atoms with Crippen molar-refractivity contribution in [3.63, 3.8) is 0 Å². The summed E-state index contributed by atoms with van der Waals surface area (Å²) in [7, 11) is 0. The smallest absolute Gasteiger partial charge is 0.0412 e. The first-order valence-electron chi connectivity index (χ1n) is 6.86. The van der Waals surface area contributed by atoms with E-state index < -0.39 is 0 Å². The van der Waals surface area contributed by atoms with E-state index in [-0.39, 0.29) is 0 Å². The molecule has 1 aromatic rings. The van der Waals surface area contributed by atoms with Gasteiger partial charge in [-0.1, -0.05) is 37.5 Å². The number of hydrogen-bond acceptors (Lipinski definition) is 2. The van der Waals surface area contributed by atoms with Crippen molar-refractivity contribution in [3.8, 4) is 0 Å². The molecule has 1 aromatic carbocycles. The van der Waals surface area contributed by atoms with Gasteiger partial charge in [0.1, 0.15) is 0 Å². The highest BCUT2D eigenvalue weighted by Crippen LogP contribution is 2.24. The summed E-state index contributed by atoms with van der Waals surface area (Å²) < 4.78 is 0. The van der Waals surface area contributed by atoms with E-state index in [0.29, 0.717) is 0 Å². The van der Waals surface area contributed by atoms with Crippen LogP contribution < -0.4 is 10.2 Å². The van der Waals surface area contributed by atoms with Crippen LogP contribution >= 0.6 is 0 Å². The molecule has 1 aliphatic heterocycles. The van der Waals surface area contributed by atoms with Gasteiger partial charge in [0.2, 0.25) is 0 Å². The average Bonchev–Trinajstić information content (AvgIpc) is 2.52. The van der Waals surface area contributed by atoms with Gasteiger partial charge in [-0.15, -0.1) is 0 Å². The number of anilines is 1. The van der Waals surface area contributed by atoms with Gasteiger partial charge in [0, 0.05) is 31.9 Å². The number of unbranched alkanes of at least 4 members (excludes halogenated alkanes) is 2. The zero-order valence-corrected chi connectivity index (χ0v) is 11.1. The standard InChI is InChI=1S/C15H24N2/c1-3-4-5-9-17-10-8-16-12-14-11-13(2)6-7-15(14)17/h6-7,11,16H,3-5,8-10,12H2,1-2H3. The number of rotatable bonds is 4. The Kier molecular flexibility index (Phi) is 4.43. The lowest BCUT2D eigenvalue weighted by molar-refractivity contribution is 0.652. The summed E-state index contributed by atoms with van der Waals surface area (Å²) in [4.78, 5) is 2.55. The van der Waals surface area contributed by atoms with Crippen LogP contribution in [0.2, 0.25) is 0 Å². The summed E-state index contributed by atoms with van der Waals surface area (Å²) in [6, 6.07) is 6.85. The highest BCUT2D eigenvalue weighted by atomic mass is 15.2. The van der Waals surface area contributed by atoms with Crippen molar-refractivity contribution in [2.75, 3.05) is 24.5 Å². The normalized spacial score (nSPS) is 15.5. The Hall–Kier alpha value is -1.02. The van der Waals surface area contributed by atoms with Gasteiger partial charge in [0.05, 0.1) is 0 Å². The summed E-state index contributed by atoms with van der Waals surface area (Å²) in [5, 5.41) is 3.51. The molecular weight excluding hydrogens is 208 g/mol. The van der Waals surface area contributed by atoms with E-state index in [0.717, 1.165) is 19.6 Å². The molecule has 0 spiro atoms. The number of nitrogens with zero attached hydrogens (tertiary/aromatic N) is 1. The van der Waals surface area contributed by atoms with Crippen LogP contribution in [0, 0.1) is 6.92 Å². The predicted molar refractivity (Wildman–Crippen MR) is 74.6 cm³/mol. The SMILES string of the molecule is CCCCCN1CCNCc2cc(C)ccc21. The van der Waals surface area contributed by atoms with Crippen LogP contribution in [0.1, 0.15) is 37.3 Å². The van der Waals surface area contributed by atoms with Crippen LogP contribution in [0.15, 0.2) is 18.2 Å². The summed E-state index contributed by atoms with van der Waals surface area (Å²) in [5.74, 6) is 0. The number of hydrogen-bond donors (Lipinski definition) is 1. The molecule has 0 radical (unpaired) electrons. The first-order chi connectivity index (χ1) is 8.31. The fourth-order valence-electron chi connectivity index (χ4n) is 2.51. The minimum atomic E-state index is 1.02. The number of aryl methyl sites for hydroxylation is 1. The first-order valence-corrected chi connectivity index (χ1v) is 6.86.